The van der Waals surface area contributed by atoms with Crippen LogP contribution in [-0.4, -0.2) is 22.0 Å². The average molecular weight is 479 g/mol. The van der Waals surface area contributed by atoms with E-state index in [1.165, 1.54) is 23.8 Å². The minimum absolute atomic E-state index is 0.0114. The standard InChI is InChI=1S/C25H26N4O4S/c1-15-6-5-9-20(16(15)2)28-22(17-10-11-23-19(12-17)26-24(30)13-33-23)14-34-25(28)27-18-7-3-4-8-21(18)29(31)32/h3-4,7-8,10-12,14-16,20H,5-6,9,13H2,1-2H3,(H,26,30). The topological polar surface area (TPSA) is 98.8 Å². The molecule has 1 aromatic heterocycles. The van der Waals surface area contributed by atoms with Gasteiger partial charge in [-0.15, -0.1) is 11.3 Å². The van der Waals surface area contributed by atoms with Gasteiger partial charge >= 0.3 is 0 Å². The highest BCUT2D eigenvalue weighted by Crippen LogP contribution is 2.41. The molecular weight excluding hydrogens is 452 g/mol. The molecular formula is C25H26N4O4S. The zero-order chi connectivity index (χ0) is 23.8. The second-order valence-corrected chi connectivity index (χ2v) is 9.85. The van der Waals surface area contributed by atoms with Gasteiger partial charge in [-0.1, -0.05) is 38.8 Å². The Morgan fingerprint density at radius 2 is 2.03 bits per heavy atom. The van der Waals surface area contributed by atoms with E-state index in [1.54, 1.807) is 18.2 Å². The zero-order valence-electron chi connectivity index (χ0n) is 19.1. The fraction of sp³-hybridized carbons (Fsp3) is 0.360. The number of hydrogen-bond donors (Lipinski definition) is 1. The van der Waals surface area contributed by atoms with E-state index in [1.807, 2.05) is 23.6 Å². The molecule has 0 spiro atoms. The first-order chi connectivity index (χ1) is 16.4. The van der Waals surface area contributed by atoms with Crippen molar-refractivity contribution in [2.24, 2.45) is 16.8 Å². The number of ether oxygens (including phenoxy) is 1. The monoisotopic (exact) mass is 478 g/mol. The number of nitro benzene ring substituents is 1. The maximum atomic E-state index is 11.9. The third-order valence-electron chi connectivity index (χ3n) is 6.94. The van der Waals surface area contributed by atoms with Crippen LogP contribution in [0.1, 0.15) is 39.2 Å². The number of aromatic nitrogens is 1. The van der Waals surface area contributed by atoms with Gasteiger partial charge in [-0.3, -0.25) is 14.9 Å². The Morgan fingerprint density at radius 1 is 1.21 bits per heavy atom. The summed E-state index contributed by atoms with van der Waals surface area (Å²) in [7, 11) is 0. The van der Waals surface area contributed by atoms with Gasteiger partial charge in [-0.2, -0.15) is 0 Å². The van der Waals surface area contributed by atoms with E-state index in [0.717, 1.165) is 28.9 Å². The molecule has 3 atom stereocenters. The van der Waals surface area contributed by atoms with Crippen LogP contribution in [0.2, 0.25) is 0 Å². The number of hydrogen-bond acceptors (Lipinski definition) is 6. The minimum Gasteiger partial charge on any atom is -0.482 e. The largest absolute Gasteiger partial charge is 0.482 e. The molecule has 1 N–H and O–H groups in total. The van der Waals surface area contributed by atoms with Crippen molar-refractivity contribution in [2.45, 2.75) is 39.2 Å². The van der Waals surface area contributed by atoms with Crippen molar-refractivity contribution in [2.75, 3.05) is 11.9 Å². The van der Waals surface area contributed by atoms with Crippen LogP contribution >= 0.6 is 11.3 Å². The summed E-state index contributed by atoms with van der Waals surface area (Å²) in [5.41, 5.74) is 2.90. The number of anilines is 1. The van der Waals surface area contributed by atoms with Crippen LogP contribution in [0.25, 0.3) is 11.3 Å². The molecule has 2 aliphatic rings. The summed E-state index contributed by atoms with van der Waals surface area (Å²) < 4.78 is 7.77. The van der Waals surface area contributed by atoms with Crippen LogP contribution < -0.4 is 14.9 Å². The van der Waals surface area contributed by atoms with Gasteiger partial charge in [-0.05, 0) is 42.5 Å². The van der Waals surface area contributed by atoms with Crippen LogP contribution in [0.3, 0.4) is 0 Å². The molecule has 9 heteroatoms. The Kier molecular flexibility index (Phi) is 5.95. The Hall–Kier alpha value is -3.46. The molecule has 2 aromatic carbocycles. The fourth-order valence-corrected chi connectivity index (χ4v) is 5.87. The first kappa shape index (κ1) is 22.3. The van der Waals surface area contributed by atoms with Crippen LogP contribution in [0.15, 0.2) is 52.8 Å². The third kappa shape index (κ3) is 4.11. The number of rotatable bonds is 4. The lowest BCUT2D eigenvalue weighted by Gasteiger charge is -2.36. The summed E-state index contributed by atoms with van der Waals surface area (Å²) in [6.07, 6.45) is 3.33. The van der Waals surface area contributed by atoms with Crippen molar-refractivity contribution in [3.05, 3.63) is 62.8 Å². The molecule has 176 valence electrons. The van der Waals surface area contributed by atoms with E-state index in [9.17, 15) is 14.9 Å². The van der Waals surface area contributed by atoms with Gasteiger partial charge in [-0.25, -0.2) is 4.99 Å². The number of carbonyl (C=O) groups excluding carboxylic acids is 1. The number of thiazole rings is 1. The van der Waals surface area contributed by atoms with Gasteiger partial charge in [0.25, 0.3) is 11.6 Å². The van der Waals surface area contributed by atoms with E-state index in [4.69, 9.17) is 9.73 Å². The number of para-hydroxylation sites is 2. The van der Waals surface area contributed by atoms with E-state index < -0.39 is 4.92 Å². The fourth-order valence-electron chi connectivity index (χ4n) is 4.91. The van der Waals surface area contributed by atoms with Crippen molar-refractivity contribution in [1.29, 1.82) is 0 Å². The van der Waals surface area contributed by atoms with Gasteiger partial charge in [0.2, 0.25) is 0 Å². The van der Waals surface area contributed by atoms with Gasteiger partial charge in [0.1, 0.15) is 11.4 Å². The number of nitrogens with one attached hydrogen (secondary N) is 1. The minimum atomic E-state index is -0.394. The van der Waals surface area contributed by atoms with Crippen LogP contribution in [0.4, 0.5) is 17.1 Å². The van der Waals surface area contributed by atoms with Crippen LogP contribution in [0.5, 0.6) is 5.75 Å². The van der Waals surface area contributed by atoms with Gasteiger partial charge in [0, 0.05) is 23.1 Å². The summed E-state index contributed by atoms with van der Waals surface area (Å²) in [6.45, 7) is 4.58. The van der Waals surface area contributed by atoms with Gasteiger partial charge in [0.15, 0.2) is 11.4 Å². The first-order valence-electron chi connectivity index (χ1n) is 11.5. The van der Waals surface area contributed by atoms with Gasteiger partial charge < -0.3 is 14.6 Å². The SMILES string of the molecule is CC1CCCC(n2c(-c3ccc4c(c3)NC(=O)CO4)csc2=Nc2ccccc2[N+](=O)[O-])C1C. The van der Waals surface area contributed by atoms with Crippen molar-refractivity contribution < 1.29 is 14.5 Å². The highest BCUT2D eigenvalue weighted by Gasteiger charge is 2.31. The molecule has 1 fully saturated rings. The lowest BCUT2D eigenvalue weighted by atomic mass is 9.78. The molecule has 0 radical (unpaired) electrons. The van der Waals surface area contributed by atoms with E-state index in [2.05, 4.69) is 23.7 Å². The molecule has 1 aliphatic carbocycles. The van der Waals surface area contributed by atoms with E-state index in [-0.39, 0.29) is 24.2 Å². The van der Waals surface area contributed by atoms with Crippen LogP contribution in [-0.2, 0) is 4.79 Å². The quantitative estimate of drug-likeness (QED) is 0.385. The second-order valence-electron chi connectivity index (χ2n) is 9.01. The summed E-state index contributed by atoms with van der Waals surface area (Å²) in [5, 5.41) is 16.5. The summed E-state index contributed by atoms with van der Waals surface area (Å²) in [5.74, 6) is 1.46. The van der Waals surface area contributed by atoms with Gasteiger partial charge in [0.05, 0.1) is 16.3 Å². The Labute approximate surface area is 201 Å². The molecule has 1 saturated carbocycles. The Bertz CT molecular complexity index is 1330. The number of nitro groups is 1. The highest BCUT2D eigenvalue weighted by atomic mass is 32.1. The lowest BCUT2D eigenvalue weighted by molar-refractivity contribution is -0.384. The summed E-state index contributed by atoms with van der Waals surface area (Å²) >= 11 is 1.48. The van der Waals surface area contributed by atoms with E-state index in [0.29, 0.717) is 29.0 Å². The number of benzene rings is 2. The first-order valence-corrected chi connectivity index (χ1v) is 12.4. The summed E-state index contributed by atoms with van der Waals surface area (Å²) in [4.78, 5) is 28.6. The normalized spacial score (nSPS) is 22.6. The van der Waals surface area contributed by atoms with Crippen LogP contribution in [0, 0.1) is 22.0 Å². The highest BCUT2D eigenvalue weighted by molar-refractivity contribution is 7.07. The molecule has 8 nitrogen and oxygen atoms in total. The molecule has 1 aliphatic heterocycles. The van der Waals surface area contributed by atoms with Crippen molar-refractivity contribution in [3.63, 3.8) is 0 Å². The second kappa shape index (κ2) is 9.06. The Balaban J connectivity index is 1.69. The molecule has 3 aromatic rings. The predicted octanol–water partition coefficient (Wildman–Crippen LogP) is 5.69. The smallest absolute Gasteiger partial charge is 0.294 e. The lowest BCUT2D eigenvalue weighted by Crippen LogP contribution is -2.32. The third-order valence-corrected chi connectivity index (χ3v) is 7.78. The molecule has 0 bridgehead atoms. The molecule has 34 heavy (non-hydrogen) atoms. The molecule has 2 heterocycles. The zero-order valence-corrected chi connectivity index (χ0v) is 19.9. The maximum absolute atomic E-state index is 11.9. The van der Waals surface area contributed by atoms with E-state index >= 15 is 0 Å². The number of fused-ring (bicyclic) bond motifs is 1. The number of amides is 1. The summed E-state index contributed by atoms with van der Waals surface area (Å²) in [6, 6.07) is 12.6. The molecule has 0 saturated heterocycles. The Morgan fingerprint density at radius 3 is 2.85 bits per heavy atom. The van der Waals surface area contributed by atoms with Crippen molar-refractivity contribution >= 4 is 34.3 Å². The molecule has 1 amide bonds. The predicted molar refractivity (Wildman–Crippen MR) is 131 cm³/mol. The molecule has 3 unspecified atom stereocenters. The number of carbonyl (C=O) groups is 1. The number of nitrogens with zero attached hydrogens (tertiary/aromatic N) is 3. The average Bonchev–Trinajstić information content (AvgIpc) is 3.23. The van der Waals surface area contributed by atoms with Crippen molar-refractivity contribution in [1.82, 2.24) is 4.57 Å². The molecule has 5 rings (SSSR count). The van der Waals surface area contributed by atoms with Crippen molar-refractivity contribution in [3.8, 4) is 17.0 Å². The maximum Gasteiger partial charge on any atom is 0.294 e.